The first-order valence-corrected chi connectivity index (χ1v) is 6.34. The topological polar surface area (TPSA) is 82.3 Å². The van der Waals surface area contributed by atoms with E-state index >= 15 is 0 Å². The smallest absolute Gasteiger partial charge is 0.169 e. The molecule has 1 aliphatic rings. The largest absolute Gasteiger partial charge is 0.376 e. The maximum absolute atomic E-state index is 5.49. The molecule has 0 radical (unpaired) electrons. The van der Waals surface area contributed by atoms with E-state index < -0.39 is 0 Å². The monoisotopic (exact) mass is 274 g/mol. The molecule has 3 rings (SSSR count). The Hall–Kier alpha value is -2.15. The lowest BCUT2D eigenvalue weighted by Gasteiger charge is -2.10. The number of aromatic nitrogens is 2. The van der Waals surface area contributed by atoms with Crippen molar-refractivity contribution in [2.45, 2.75) is 5.92 Å². The van der Waals surface area contributed by atoms with Crippen LogP contribution in [0.1, 0.15) is 11.5 Å². The van der Waals surface area contributed by atoms with E-state index in [-0.39, 0.29) is 5.11 Å². The molecule has 1 aliphatic heterocycles. The highest BCUT2D eigenvalue weighted by Gasteiger charge is 2.18. The molecule has 0 aliphatic carbocycles. The zero-order valence-corrected chi connectivity index (χ0v) is 11.2. The van der Waals surface area contributed by atoms with Crippen LogP contribution in [0.4, 0.5) is 5.82 Å². The van der Waals surface area contributed by atoms with Crippen molar-refractivity contribution in [3.05, 3.63) is 23.8 Å². The summed E-state index contributed by atoms with van der Waals surface area (Å²) >= 11 is 4.85. The molecular formula is C12H14N6S. The molecule has 7 heteroatoms. The fraction of sp³-hybridized carbons (Fsp3) is 0.250. The van der Waals surface area contributed by atoms with Crippen molar-refractivity contribution in [2.75, 3.05) is 18.9 Å². The molecule has 6 nitrogen and oxygen atoms in total. The number of hydrazone groups is 1. The van der Waals surface area contributed by atoms with Crippen LogP contribution in [0.2, 0.25) is 0 Å². The third kappa shape index (κ3) is 2.24. The van der Waals surface area contributed by atoms with Gasteiger partial charge in [-0.1, -0.05) is 6.07 Å². The maximum Gasteiger partial charge on any atom is 0.169 e. The predicted octanol–water partition coefficient (Wildman–Crippen LogP) is 1.23. The van der Waals surface area contributed by atoms with Gasteiger partial charge < -0.3 is 11.1 Å². The Bertz CT molecular complexity index is 661. The van der Waals surface area contributed by atoms with Crippen molar-refractivity contribution in [1.82, 2.24) is 15.2 Å². The van der Waals surface area contributed by atoms with Crippen LogP contribution in [0, 0.1) is 0 Å². The second-order valence-electron chi connectivity index (χ2n) is 4.58. The minimum absolute atomic E-state index is 0.209. The van der Waals surface area contributed by atoms with Crippen molar-refractivity contribution < 1.29 is 0 Å². The summed E-state index contributed by atoms with van der Waals surface area (Å²) in [6.45, 7) is 0.890. The standard InChI is InChI=1S/C12H14N6S/c1-18-6-8(5-14-18)7-2-3-10-9(4-7)11(17-16-10)15-12(13)19/h2-5,8H,6H2,1H3,(H4,13,15,16,17,19). The van der Waals surface area contributed by atoms with Gasteiger partial charge in [0.15, 0.2) is 10.9 Å². The Morgan fingerprint density at radius 3 is 3.11 bits per heavy atom. The Kier molecular flexibility index (Phi) is 2.83. The van der Waals surface area contributed by atoms with Gasteiger partial charge in [0.05, 0.1) is 5.52 Å². The SMILES string of the molecule is CN1CC(c2ccc3[nH]nc(NC(N)=S)c3c2)C=N1. The summed E-state index contributed by atoms with van der Waals surface area (Å²) in [6, 6.07) is 6.19. The summed E-state index contributed by atoms with van der Waals surface area (Å²) in [7, 11) is 1.97. The number of likely N-dealkylation sites (N-methyl/N-ethyl adjacent to an activating group) is 1. The quantitative estimate of drug-likeness (QED) is 0.718. The molecule has 2 aromatic rings. The van der Waals surface area contributed by atoms with Crippen molar-refractivity contribution in [3.63, 3.8) is 0 Å². The van der Waals surface area contributed by atoms with Gasteiger partial charge in [0, 0.05) is 31.1 Å². The van der Waals surface area contributed by atoms with Crippen molar-refractivity contribution in [1.29, 1.82) is 0 Å². The van der Waals surface area contributed by atoms with E-state index in [2.05, 4.69) is 32.7 Å². The number of anilines is 1. The Morgan fingerprint density at radius 1 is 1.58 bits per heavy atom. The summed E-state index contributed by atoms with van der Waals surface area (Å²) in [6.07, 6.45) is 1.96. The van der Waals surface area contributed by atoms with E-state index in [0.29, 0.717) is 11.7 Å². The second-order valence-corrected chi connectivity index (χ2v) is 5.02. The molecule has 98 valence electrons. The normalized spacial score (nSPS) is 18.2. The molecule has 0 bridgehead atoms. The number of hydrogen-bond acceptors (Lipinski definition) is 4. The summed E-state index contributed by atoms with van der Waals surface area (Å²) < 4.78 is 0. The van der Waals surface area contributed by atoms with E-state index in [1.807, 2.05) is 24.3 Å². The third-order valence-corrected chi connectivity index (χ3v) is 3.26. The highest BCUT2D eigenvalue weighted by molar-refractivity contribution is 7.80. The minimum Gasteiger partial charge on any atom is -0.376 e. The van der Waals surface area contributed by atoms with Crippen LogP contribution in [-0.4, -0.2) is 40.1 Å². The van der Waals surface area contributed by atoms with E-state index in [1.54, 1.807) is 0 Å². The molecular weight excluding hydrogens is 260 g/mol. The summed E-state index contributed by atoms with van der Waals surface area (Å²) in [5.41, 5.74) is 7.64. The van der Waals surface area contributed by atoms with Gasteiger partial charge in [-0.3, -0.25) is 10.1 Å². The van der Waals surface area contributed by atoms with Crippen LogP contribution < -0.4 is 11.1 Å². The van der Waals surface area contributed by atoms with Gasteiger partial charge in [-0.2, -0.15) is 10.2 Å². The predicted molar refractivity (Wildman–Crippen MR) is 80.4 cm³/mol. The lowest BCUT2D eigenvalue weighted by atomic mass is 9.99. The number of benzene rings is 1. The number of nitrogens with two attached hydrogens (primary N) is 1. The van der Waals surface area contributed by atoms with Crippen molar-refractivity contribution >= 4 is 40.3 Å². The highest BCUT2D eigenvalue weighted by Crippen LogP contribution is 2.26. The van der Waals surface area contributed by atoms with E-state index in [0.717, 1.165) is 17.4 Å². The highest BCUT2D eigenvalue weighted by atomic mass is 32.1. The van der Waals surface area contributed by atoms with Crippen LogP contribution in [0.15, 0.2) is 23.3 Å². The number of H-pyrrole nitrogens is 1. The van der Waals surface area contributed by atoms with Crippen LogP contribution in [0.25, 0.3) is 10.9 Å². The van der Waals surface area contributed by atoms with Crippen molar-refractivity contribution in [2.24, 2.45) is 10.8 Å². The van der Waals surface area contributed by atoms with E-state index in [9.17, 15) is 0 Å². The first-order valence-electron chi connectivity index (χ1n) is 5.93. The lowest BCUT2D eigenvalue weighted by Crippen LogP contribution is -2.19. The van der Waals surface area contributed by atoms with Crippen molar-refractivity contribution in [3.8, 4) is 0 Å². The van der Waals surface area contributed by atoms with E-state index in [1.165, 1.54) is 5.56 Å². The first-order chi connectivity index (χ1) is 9.13. The number of hydrogen-bond donors (Lipinski definition) is 3. The summed E-state index contributed by atoms with van der Waals surface area (Å²) in [5, 5.41) is 17.4. The number of rotatable bonds is 2. The van der Waals surface area contributed by atoms with E-state index in [4.69, 9.17) is 18.0 Å². The molecule has 0 fully saturated rings. The molecule has 1 unspecified atom stereocenters. The number of aromatic amines is 1. The van der Waals surface area contributed by atoms with Crippen LogP contribution >= 0.6 is 12.2 Å². The number of nitrogens with zero attached hydrogens (tertiary/aromatic N) is 3. The molecule has 2 heterocycles. The molecule has 0 spiro atoms. The molecule has 1 aromatic carbocycles. The zero-order valence-electron chi connectivity index (χ0n) is 10.4. The Morgan fingerprint density at radius 2 is 2.42 bits per heavy atom. The Balaban J connectivity index is 1.99. The Labute approximate surface area is 115 Å². The van der Waals surface area contributed by atoms with Gasteiger partial charge in [-0.25, -0.2) is 0 Å². The lowest BCUT2D eigenvalue weighted by molar-refractivity contribution is 0.381. The number of fused-ring (bicyclic) bond motifs is 1. The van der Waals surface area contributed by atoms with Gasteiger partial charge in [0.2, 0.25) is 0 Å². The maximum atomic E-state index is 5.49. The molecule has 0 saturated heterocycles. The molecule has 0 amide bonds. The summed E-state index contributed by atoms with van der Waals surface area (Å²) in [5.74, 6) is 0.967. The molecule has 1 atom stereocenters. The minimum atomic E-state index is 0.209. The average molecular weight is 274 g/mol. The van der Waals surface area contributed by atoms with Gasteiger partial charge in [-0.15, -0.1) is 0 Å². The van der Waals surface area contributed by atoms with Gasteiger partial charge in [0.25, 0.3) is 0 Å². The molecule has 0 saturated carbocycles. The summed E-state index contributed by atoms with van der Waals surface area (Å²) in [4.78, 5) is 0. The number of thiocarbonyl (C=S) groups is 1. The second kappa shape index (κ2) is 4.51. The van der Waals surface area contributed by atoms with Gasteiger partial charge >= 0.3 is 0 Å². The van der Waals surface area contributed by atoms with Crippen LogP contribution in [0.5, 0.6) is 0 Å². The van der Waals surface area contributed by atoms with Crippen LogP contribution in [-0.2, 0) is 0 Å². The number of nitrogens with one attached hydrogen (secondary N) is 2. The zero-order chi connectivity index (χ0) is 13.4. The fourth-order valence-corrected chi connectivity index (χ4v) is 2.34. The molecule has 19 heavy (non-hydrogen) atoms. The average Bonchev–Trinajstić information content (AvgIpc) is 2.95. The van der Waals surface area contributed by atoms with Gasteiger partial charge in [-0.05, 0) is 29.9 Å². The fourth-order valence-electron chi connectivity index (χ4n) is 2.24. The molecule has 4 N–H and O–H groups in total. The first kappa shape index (κ1) is 11.9. The van der Waals surface area contributed by atoms with Crippen LogP contribution in [0.3, 0.4) is 0 Å². The third-order valence-electron chi connectivity index (χ3n) is 3.16. The van der Waals surface area contributed by atoms with Gasteiger partial charge in [0.1, 0.15) is 0 Å². The molecule has 1 aromatic heterocycles.